The number of nitrogens with zero attached hydrogens (tertiary/aromatic N) is 2. The Morgan fingerprint density at radius 3 is 2.67 bits per heavy atom. The molecule has 2 aromatic rings. The lowest BCUT2D eigenvalue weighted by atomic mass is 10.1. The Morgan fingerprint density at radius 2 is 2.10 bits per heavy atom. The molecule has 1 heterocycles. The summed E-state index contributed by atoms with van der Waals surface area (Å²) in [5.41, 5.74) is 1.01. The average molecular weight is 353 g/mol. The van der Waals surface area contributed by atoms with Crippen molar-refractivity contribution in [3.8, 4) is 5.75 Å². The SMILES string of the molecule is C[C@@H](O)c1cc(Br)cc([N+](=O)[O-])c1OCc1ccncc1. The summed E-state index contributed by atoms with van der Waals surface area (Å²) in [4.78, 5) is 14.5. The molecular formula is C14H13BrN2O4. The highest BCUT2D eigenvalue weighted by Crippen LogP contribution is 2.38. The van der Waals surface area contributed by atoms with E-state index in [1.807, 2.05) is 0 Å². The first kappa shape index (κ1) is 15.4. The van der Waals surface area contributed by atoms with E-state index in [0.717, 1.165) is 5.56 Å². The van der Waals surface area contributed by atoms with Gasteiger partial charge in [0.05, 0.1) is 11.0 Å². The number of aliphatic hydroxyl groups excluding tert-OH is 1. The summed E-state index contributed by atoms with van der Waals surface area (Å²) in [6.45, 7) is 1.69. The lowest BCUT2D eigenvalue weighted by Gasteiger charge is -2.14. The van der Waals surface area contributed by atoms with Crippen LogP contribution in [0.5, 0.6) is 5.75 Å². The summed E-state index contributed by atoms with van der Waals surface area (Å²) in [6.07, 6.45) is 2.35. The molecule has 1 atom stereocenters. The Balaban J connectivity index is 2.38. The minimum atomic E-state index is -0.881. The maximum atomic E-state index is 11.2. The molecule has 1 N–H and O–H groups in total. The van der Waals surface area contributed by atoms with Gasteiger partial charge < -0.3 is 9.84 Å². The quantitative estimate of drug-likeness (QED) is 0.658. The van der Waals surface area contributed by atoms with Crippen LogP contribution in [-0.2, 0) is 6.61 Å². The van der Waals surface area contributed by atoms with Crippen molar-refractivity contribution in [2.24, 2.45) is 0 Å². The Bertz CT molecular complexity index is 647. The molecular weight excluding hydrogens is 340 g/mol. The second-order valence-corrected chi connectivity index (χ2v) is 5.34. The van der Waals surface area contributed by atoms with E-state index in [0.29, 0.717) is 10.0 Å². The van der Waals surface area contributed by atoms with Crippen LogP contribution in [0.4, 0.5) is 5.69 Å². The monoisotopic (exact) mass is 352 g/mol. The van der Waals surface area contributed by atoms with E-state index in [2.05, 4.69) is 20.9 Å². The van der Waals surface area contributed by atoms with Crippen LogP contribution >= 0.6 is 15.9 Å². The number of nitro benzene ring substituents is 1. The number of pyridine rings is 1. The zero-order chi connectivity index (χ0) is 15.4. The molecule has 0 unspecified atom stereocenters. The number of rotatable bonds is 5. The van der Waals surface area contributed by atoms with Gasteiger partial charge in [0.15, 0.2) is 0 Å². The van der Waals surface area contributed by atoms with Gasteiger partial charge in [-0.1, -0.05) is 15.9 Å². The maximum Gasteiger partial charge on any atom is 0.312 e. The Kier molecular flexibility index (Phi) is 4.87. The van der Waals surface area contributed by atoms with Gasteiger partial charge in [0.25, 0.3) is 0 Å². The first-order valence-corrected chi connectivity index (χ1v) is 6.96. The largest absolute Gasteiger partial charge is 0.482 e. The normalized spacial score (nSPS) is 12.0. The molecule has 2 rings (SSSR count). The van der Waals surface area contributed by atoms with Crippen molar-refractivity contribution in [1.29, 1.82) is 0 Å². The van der Waals surface area contributed by atoms with Gasteiger partial charge >= 0.3 is 5.69 Å². The van der Waals surface area contributed by atoms with Gasteiger partial charge in [-0.2, -0.15) is 0 Å². The molecule has 0 saturated carbocycles. The summed E-state index contributed by atoms with van der Waals surface area (Å²) >= 11 is 3.20. The highest BCUT2D eigenvalue weighted by molar-refractivity contribution is 9.10. The van der Waals surface area contributed by atoms with Crippen molar-refractivity contribution in [2.75, 3.05) is 0 Å². The predicted octanol–water partition coefficient (Wildman–Crippen LogP) is 3.38. The van der Waals surface area contributed by atoms with E-state index in [4.69, 9.17) is 4.74 Å². The maximum absolute atomic E-state index is 11.2. The smallest absolute Gasteiger partial charge is 0.312 e. The summed E-state index contributed by atoms with van der Waals surface area (Å²) < 4.78 is 6.10. The van der Waals surface area contributed by atoms with Gasteiger partial charge in [0, 0.05) is 28.5 Å². The molecule has 0 aliphatic heterocycles. The van der Waals surface area contributed by atoms with Gasteiger partial charge in [-0.05, 0) is 30.7 Å². The number of hydrogen-bond donors (Lipinski definition) is 1. The Labute approximate surface area is 129 Å². The lowest BCUT2D eigenvalue weighted by Crippen LogP contribution is -2.04. The third kappa shape index (κ3) is 3.77. The molecule has 0 aliphatic rings. The number of benzene rings is 1. The zero-order valence-corrected chi connectivity index (χ0v) is 12.8. The topological polar surface area (TPSA) is 85.5 Å². The van der Waals surface area contributed by atoms with Crippen molar-refractivity contribution in [3.05, 3.63) is 62.4 Å². The molecule has 1 aromatic heterocycles. The summed E-state index contributed by atoms with van der Waals surface area (Å²) in [5.74, 6) is 0.0787. The third-order valence-corrected chi connectivity index (χ3v) is 3.30. The highest BCUT2D eigenvalue weighted by atomic mass is 79.9. The van der Waals surface area contributed by atoms with E-state index in [-0.39, 0.29) is 18.0 Å². The second kappa shape index (κ2) is 6.64. The molecule has 110 valence electrons. The van der Waals surface area contributed by atoms with Gasteiger partial charge in [-0.25, -0.2) is 0 Å². The van der Waals surface area contributed by atoms with Crippen LogP contribution in [0.3, 0.4) is 0 Å². The lowest BCUT2D eigenvalue weighted by molar-refractivity contribution is -0.386. The molecule has 6 nitrogen and oxygen atoms in total. The number of aromatic nitrogens is 1. The van der Waals surface area contributed by atoms with Crippen LogP contribution in [0.1, 0.15) is 24.2 Å². The van der Waals surface area contributed by atoms with Crippen LogP contribution in [0.15, 0.2) is 41.1 Å². The van der Waals surface area contributed by atoms with E-state index in [1.165, 1.54) is 13.0 Å². The molecule has 0 spiro atoms. The van der Waals surface area contributed by atoms with Crippen molar-refractivity contribution < 1.29 is 14.8 Å². The molecule has 7 heteroatoms. The first-order chi connectivity index (χ1) is 9.99. The number of hydrogen-bond acceptors (Lipinski definition) is 5. The van der Waals surface area contributed by atoms with Gasteiger partial charge in [0.1, 0.15) is 6.61 Å². The van der Waals surface area contributed by atoms with Crippen LogP contribution in [-0.4, -0.2) is 15.0 Å². The minimum absolute atomic E-state index is 0.0787. The average Bonchev–Trinajstić information content (AvgIpc) is 2.46. The zero-order valence-electron chi connectivity index (χ0n) is 11.2. The highest BCUT2D eigenvalue weighted by Gasteiger charge is 2.23. The molecule has 0 amide bonds. The van der Waals surface area contributed by atoms with Crippen molar-refractivity contribution >= 4 is 21.6 Å². The second-order valence-electron chi connectivity index (χ2n) is 4.42. The predicted molar refractivity (Wildman–Crippen MR) is 80.0 cm³/mol. The molecule has 0 radical (unpaired) electrons. The van der Waals surface area contributed by atoms with Crippen LogP contribution < -0.4 is 4.74 Å². The molecule has 0 aliphatic carbocycles. The number of ether oxygens (including phenoxy) is 1. The van der Waals surface area contributed by atoms with Crippen LogP contribution in [0.25, 0.3) is 0 Å². The molecule has 0 bridgehead atoms. The van der Waals surface area contributed by atoms with Gasteiger partial charge in [-0.15, -0.1) is 0 Å². The fourth-order valence-electron chi connectivity index (χ4n) is 1.84. The number of nitro groups is 1. The fourth-order valence-corrected chi connectivity index (χ4v) is 2.30. The van der Waals surface area contributed by atoms with Gasteiger partial charge in [0.2, 0.25) is 5.75 Å². The molecule has 0 fully saturated rings. The molecule has 0 saturated heterocycles. The molecule has 21 heavy (non-hydrogen) atoms. The Hall–Kier alpha value is -1.99. The minimum Gasteiger partial charge on any atom is -0.482 e. The standard InChI is InChI=1S/C14H13BrN2O4/c1-9(18)12-6-11(15)7-13(17(19)20)14(12)21-8-10-2-4-16-5-3-10/h2-7,9,18H,8H2,1H3/t9-/m1/s1. The number of halogens is 1. The van der Waals surface area contributed by atoms with Crippen LogP contribution in [0.2, 0.25) is 0 Å². The van der Waals surface area contributed by atoms with E-state index in [9.17, 15) is 15.2 Å². The summed E-state index contributed by atoms with van der Waals surface area (Å²) in [7, 11) is 0. The third-order valence-electron chi connectivity index (χ3n) is 2.84. The Morgan fingerprint density at radius 1 is 1.43 bits per heavy atom. The van der Waals surface area contributed by atoms with E-state index in [1.54, 1.807) is 30.6 Å². The summed E-state index contributed by atoms with van der Waals surface area (Å²) in [6, 6.07) is 6.48. The summed E-state index contributed by atoms with van der Waals surface area (Å²) in [5, 5.41) is 21.0. The van der Waals surface area contributed by atoms with E-state index < -0.39 is 11.0 Å². The molecule has 1 aromatic carbocycles. The van der Waals surface area contributed by atoms with Crippen molar-refractivity contribution in [3.63, 3.8) is 0 Å². The van der Waals surface area contributed by atoms with Crippen molar-refractivity contribution in [1.82, 2.24) is 4.98 Å². The van der Waals surface area contributed by atoms with Crippen molar-refractivity contribution in [2.45, 2.75) is 19.6 Å². The van der Waals surface area contributed by atoms with E-state index >= 15 is 0 Å². The fraction of sp³-hybridized carbons (Fsp3) is 0.214. The first-order valence-electron chi connectivity index (χ1n) is 6.16. The number of aliphatic hydroxyl groups is 1. The van der Waals surface area contributed by atoms with Crippen LogP contribution in [0, 0.1) is 10.1 Å². The van der Waals surface area contributed by atoms with Gasteiger partial charge in [-0.3, -0.25) is 15.1 Å².